The summed E-state index contributed by atoms with van der Waals surface area (Å²) in [5.41, 5.74) is 0.818. The molecule has 1 aliphatic rings. The lowest BCUT2D eigenvalue weighted by Gasteiger charge is -2.22. The van der Waals surface area contributed by atoms with Crippen LogP contribution in [0.3, 0.4) is 0 Å². The summed E-state index contributed by atoms with van der Waals surface area (Å²) in [5, 5.41) is 14.9. The minimum absolute atomic E-state index is 0.00578. The lowest BCUT2D eigenvalue weighted by Crippen LogP contribution is -2.20. The number of rotatable bonds is 6. The number of nitro groups is 1. The summed E-state index contributed by atoms with van der Waals surface area (Å²) in [7, 11) is 0. The summed E-state index contributed by atoms with van der Waals surface area (Å²) < 4.78 is 5.59. The Labute approximate surface area is 129 Å². The second-order valence-electron chi connectivity index (χ2n) is 5.51. The number of nitrogens with zero attached hydrogens (tertiary/aromatic N) is 1. The van der Waals surface area contributed by atoms with E-state index in [1.165, 1.54) is 31.1 Å². The van der Waals surface area contributed by atoms with Crippen LogP contribution in [-0.4, -0.2) is 28.6 Å². The van der Waals surface area contributed by atoms with Crippen LogP contribution in [0.4, 0.5) is 11.4 Å². The number of nitrogens with one attached hydrogen (secondary N) is 1. The van der Waals surface area contributed by atoms with Crippen molar-refractivity contribution < 1.29 is 9.66 Å². The van der Waals surface area contributed by atoms with Crippen molar-refractivity contribution in [1.82, 2.24) is 0 Å². The van der Waals surface area contributed by atoms with Gasteiger partial charge in [0.25, 0.3) is 5.69 Å². The highest BCUT2D eigenvalue weighted by Gasteiger charge is 2.15. The van der Waals surface area contributed by atoms with Crippen molar-refractivity contribution in [2.24, 2.45) is 0 Å². The van der Waals surface area contributed by atoms with Crippen molar-refractivity contribution in [2.45, 2.75) is 44.5 Å². The molecule has 1 fully saturated rings. The summed E-state index contributed by atoms with van der Waals surface area (Å²) in [4.78, 5) is 10.6. The van der Waals surface area contributed by atoms with Crippen LogP contribution in [0.25, 0.3) is 0 Å². The number of anilines is 1. The van der Waals surface area contributed by atoms with Gasteiger partial charge in [0.05, 0.1) is 17.1 Å². The van der Waals surface area contributed by atoms with Crippen LogP contribution in [0.2, 0.25) is 0 Å². The summed E-state index contributed by atoms with van der Waals surface area (Å²) in [6.45, 7) is 4.65. The first-order chi connectivity index (χ1) is 10.0. The van der Waals surface area contributed by atoms with Gasteiger partial charge < -0.3 is 10.1 Å². The maximum atomic E-state index is 11.0. The van der Waals surface area contributed by atoms with Crippen molar-refractivity contribution in [1.29, 1.82) is 0 Å². The van der Waals surface area contributed by atoms with Crippen molar-refractivity contribution in [3.8, 4) is 5.75 Å². The van der Waals surface area contributed by atoms with E-state index in [4.69, 9.17) is 4.74 Å². The number of hydrogen-bond donors (Lipinski definition) is 1. The Morgan fingerprint density at radius 1 is 1.43 bits per heavy atom. The number of benzene rings is 1. The normalized spacial score (nSPS) is 18.5. The molecule has 1 aromatic carbocycles. The monoisotopic (exact) mass is 310 g/mol. The Morgan fingerprint density at radius 2 is 2.24 bits per heavy atom. The third-order valence-electron chi connectivity index (χ3n) is 3.28. The molecule has 0 bridgehead atoms. The van der Waals surface area contributed by atoms with Crippen molar-refractivity contribution >= 4 is 23.1 Å². The van der Waals surface area contributed by atoms with Crippen molar-refractivity contribution in [3.05, 3.63) is 28.3 Å². The Kier molecular flexibility index (Phi) is 5.73. The fourth-order valence-electron chi connectivity index (χ4n) is 2.33. The molecule has 0 amide bonds. The maximum absolute atomic E-state index is 11.0. The Hall–Kier alpha value is -1.43. The molecule has 21 heavy (non-hydrogen) atoms. The topological polar surface area (TPSA) is 64.4 Å². The van der Waals surface area contributed by atoms with Gasteiger partial charge >= 0.3 is 0 Å². The van der Waals surface area contributed by atoms with Gasteiger partial charge in [0.2, 0.25) is 0 Å². The van der Waals surface area contributed by atoms with E-state index in [0.29, 0.717) is 11.0 Å². The SMILES string of the molecule is CC(C)Oc1cc(NCC2CCCCS2)cc([N+](=O)[O-])c1. The van der Waals surface area contributed by atoms with E-state index in [2.05, 4.69) is 5.32 Å². The molecule has 1 aliphatic heterocycles. The Bertz CT molecular complexity index is 488. The van der Waals surface area contributed by atoms with E-state index in [0.717, 1.165) is 12.2 Å². The average Bonchev–Trinajstić information content (AvgIpc) is 2.45. The number of ether oxygens (including phenoxy) is 1. The van der Waals surface area contributed by atoms with E-state index in [1.54, 1.807) is 6.07 Å². The molecule has 0 aromatic heterocycles. The summed E-state index contributed by atoms with van der Waals surface area (Å²) >= 11 is 1.98. The van der Waals surface area contributed by atoms with E-state index in [-0.39, 0.29) is 16.7 Å². The molecule has 6 heteroatoms. The molecule has 1 aromatic rings. The summed E-state index contributed by atoms with van der Waals surface area (Å²) in [6, 6.07) is 4.88. The lowest BCUT2D eigenvalue weighted by atomic mass is 10.2. The molecular weight excluding hydrogens is 288 g/mol. The number of hydrogen-bond acceptors (Lipinski definition) is 5. The lowest BCUT2D eigenvalue weighted by molar-refractivity contribution is -0.384. The standard InChI is InChI=1S/C15H22N2O3S/c1-11(2)20-14-8-12(7-13(9-14)17(18)19)16-10-15-5-3-4-6-21-15/h7-9,11,15-16H,3-6,10H2,1-2H3. The largest absolute Gasteiger partial charge is 0.491 e. The van der Waals surface area contributed by atoms with E-state index in [1.807, 2.05) is 31.7 Å². The van der Waals surface area contributed by atoms with Crippen LogP contribution in [0.5, 0.6) is 5.75 Å². The summed E-state index contributed by atoms with van der Waals surface area (Å²) in [6.07, 6.45) is 3.77. The highest BCUT2D eigenvalue weighted by atomic mass is 32.2. The molecule has 1 N–H and O–H groups in total. The molecule has 0 spiro atoms. The molecule has 1 saturated heterocycles. The maximum Gasteiger partial charge on any atom is 0.275 e. The summed E-state index contributed by atoms with van der Waals surface area (Å²) in [5.74, 6) is 1.75. The third-order valence-corrected chi connectivity index (χ3v) is 4.68. The number of thioether (sulfide) groups is 1. The van der Waals surface area contributed by atoms with Crippen LogP contribution in [0, 0.1) is 10.1 Å². The molecule has 1 unspecified atom stereocenters. The first kappa shape index (κ1) is 15.9. The van der Waals surface area contributed by atoms with Gasteiger partial charge in [-0.1, -0.05) is 6.42 Å². The van der Waals surface area contributed by atoms with Gasteiger partial charge in [-0.3, -0.25) is 10.1 Å². The fourth-order valence-corrected chi connectivity index (χ4v) is 3.57. The number of nitro benzene ring substituents is 1. The molecule has 2 rings (SSSR count). The Balaban J connectivity index is 2.05. The molecule has 1 heterocycles. The molecule has 0 saturated carbocycles. The van der Waals surface area contributed by atoms with Crippen LogP contribution in [0.1, 0.15) is 33.1 Å². The third kappa shape index (κ3) is 5.12. The average molecular weight is 310 g/mol. The van der Waals surface area contributed by atoms with Crippen molar-refractivity contribution in [2.75, 3.05) is 17.6 Å². The first-order valence-electron chi connectivity index (χ1n) is 7.36. The van der Waals surface area contributed by atoms with E-state index in [9.17, 15) is 10.1 Å². The zero-order valence-corrected chi connectivity index (χ0v) is 13.3. The highest BCUT2D eigenvalue weighted by molar-refractivity contribution is 7.99. The van der Waals surface area contributed by atoms with Crippen LogP contribution in [0.15, 0.2) is 18.2 Å². The highest BCUT2D eigenvalue weighted by Crippen LogP contribution is 2.29. The van der Waals surface area contributed by atoms with Gasteiger partial charge in [-0.2, -0.15) is 11.8 Å². The minimum Gasteiger partial charge on any atom is -0.491 e. The smallest absolute Gasteiger partial charge is 0.275 e. The van der Waals surface area contributed by atoms with Crippen molar-refractivity contribution in [3.63, 3.8) is 0 Å². The zero-order chi connectivity index (χ0) is 15.2. The molecule has 116 valence electrons. The molecule has 0 radical (unpaired) electrons. The predicted molar refractivity (Wildman–Crippen MR) is 87.4 cm³/mol. The second kappa shape index (κ2) is 7.54. The zero-order valence-electron chi connectivity index (χ0n) is 12.5. The van der Waals surface area contributed by atoms with Gasteiger partial charge in [0, 0.05) is 29.6 Å². The van der Waals surface area contributed by atoms with E-state index >= 15 is 0 Å². The molecular formula is C15H22N2O3S. The molecule has 5 nitrogen and oxygen atoms in total. The predicted octanol–water partition coefficient (Wildman–Crippen LogP) is 4.08. The fraction of sp³-hybridized carbons (Fsp3) is 0.600. The van der Waals surface area contributed by atoms with Crippen LogP contribution >= 0.6 is 11.8 Å². The van der Waals surface area contributed by atoms with E-state index < -0.39 is 0 Å². The quantitative estimate of drug-likeness (QED) is 0.633. The molecule has 1 atom stereocenters. The Morgan fingerprint density at radius 3 is 2.86 bits per heavy atom. The van der Waals surface area contributed by atoms with Crippen LogP contribution < -0.4 is 10.1 Å². The van der Waals surface area contributed by atoms with Crippen LogP contribution in [-0.2, 0) is 0 Å². The minimum atomic E-state index is -0.381. The van der Waals surface area contributed by atoms with Gasteiger partial charge in [0.1, 0.15) is 5.75 Å². The number of non-ortho nitro benzene ring substituents is 1. The van der Waals surface area contributed by atoms with Gasteiger partial charge in [-0.15, -0.1) is 0 Å². The van der Waals surface area contributed by atoms with Gasteiger partial charge in [-0.05, 0) is 32.4 Å². The van der Waals surface area contributed by atoms with Gasteiger partial charge in [0.15, 0.2) is 0 Å². The van der Waals surface area contributed by atoms with Gasteiger partial charge in [-0.25, -0.2) is 0 Å². The first-order valence-corrected chi connectivity index (χ1v) is 8.41. The second-order valence-corrected chi connectivity index (χ2v) is 6.92. The molecule has 0 aliphatic carbocycles.